The zero-order valence-corrected chi connectivity index (χ0v) is 18.6. The maximum atomic E-state index is 13.3. The number of aliphatic hydroxyl groups excluding tert-OH is 1. The SMILES string of the molecule is COc1ccc2c(c1)c(CCNS(=O)CCCO)c(C)n2C(=O)c1ccc(Cl)cc1. The lowest BCUT2D eigenvalue weighted by molar-refractivity contribution is 0.0963. The number of halogens is 1. The molecule has 1 unspecified atom stereocenters. The Labute approximate surface area is 183 Å². The summed E-state index contributed by atoms with van der Waals surface area (Å²) in [4.78, 5) is 13.3. The van der Waals surface area contributed by atoms with Crippen LogP contribution in [0.1, 0.15) is 28.0 Å². The molecule has 160 valence electrons. The monoisotopic (exact) mass is 448 g/mol. The summed E-state index contributed by atoms with van der Waals surface area (Å²) in [5, 5.41) is 10.4. The number of benzene rings is 2. The second kappa shape index (κ2) is 10.2. The molecule has 0 saturated carbocycles. The van der Waals surface area contributed by atoms with E-state index in [-0.39, 0.29) is 12.5 Å². The van der Waals surface area contributed by atoms with Gasteiger partial charge in [-0.05, 0) is 67.8 Å². The van der Waals surface area contributed by atoms with E-state index in [1.807, 2.05) is 25.1 Å². The highest BCUT2D eigenvalue weighted by Gasteiger charge is 2.20. The number of hydrogen-bond donors (Lipinski definition) is 2. The van der Waals surface area contributed by atoms with Gasteiger partial charge >= 0.3 is 0 Å². The number of rotatable bonds is 9. The van der Waals surface area contributed by atoms with Crippen molar-refractivity contribution < 1.29 is 18.8 Å². The number of nitrogens with zero attached hydrogens (tertiary/aromatic N) is 1. The lowest BCUT2D eigenvalue weighted by Crippen LogP contribution is -2.23. The normalized spacial score (nSPS) is 12.3. The van der Waals surface area contributed by atoms with Gasteiger partial charge in [-0.1, -0.05) is 11.6 Å². The van der Waals surface area contributed by atoms with E-state index in [4.69, 9.17) is 21.4 Å². The molecule has 2 N–H and O–H groups in total. The van der Waals surface area contributed by atoms with Gasteiger partial charge in [-0.15, -0.1) is 0 Å². The van der Waals surface area contributed by atoms with Crippen LogP contribution in [0, 0.1) is 6.92 Å². The molecule has 3 aromatic rings. The molecular weight excluding hydrogens is 424 g/mol. The highest BCUT2D eigenvalue weighted by atomic mass is 35.5. The third kappa shape index (κ3) is 4.92. The standard InChI is InChI=1S/C22H25ClN2O4S/c1-15-19(10-11-24-30(28)13-3-12-26)20-14-18(29-2)8-9-21(20)25(15)22(27)16-4-6-17(23)7-5-16/h4-9,14,24,26H,3,10-13H2,1-2H3. The molecule has 0 spiro atoms. The van der Waals surface area contributed by atoms with Crippen molar-refractivity contribution in [2.24, 2.45) is 0 Å². The summed E-state index contributed by atoms with van der Waals surface area (Å²) in [5.74, 6) is 0.976. The zero-order valence-electron chi connectivity index (χ0n) is 17.0. The Morgan fingerprint density at radius 3 is 2.63 bits per heavy atom. The molecule has 3 rings (SSSR count). The van der Waals surface area contributed by atoms with Gasteiger partial charge in [0, 0.05) is 40.6 Å². The largest absolute Gasteiger partial charge is 0.497 e. The number of nitrogens with one attached hydrogen (secondary N) is 1. The Morgan fingerprint density at radius 2 is 1.97 bits per heavy atom. The molecule has 1 aromatic heterocycles. The predicted molar refractivity (Wildman–Crippen MR) is 121 cm³/mol. The molecule has 0 bridgehead atoms. The van der Waals surface area contributed by atoms with E-state index >= 15 is 0 Å². The number of hydrogen-bond acceptors (Lipinski definition) is 4. The van der Waals surface area contributed by atoms with E-state index in [9.17, 15) is 9.00 Å². The van der Waals surface area contributed by atoms with E-state index in [1.165, 1.54) is 0 Å². The van der Waals surface area contributed by atoms with Gasteiger partial charge in [0.2, 0.25) is 0 Å². The van der Waals surface area contributed by atoms with Crippen molar-refractivity contribution in [2.45, 2.75) is 19.8 Å². The van der Waals surface area contributed by atoms with Crippen LogP contribution in [0.4, 0.5) is 0 Å². The van der Waals surface area contributed by atoms with Crippen LogP contribution in [-0.2, 0) is 17.4 Å². The number of carbonyl (C=O) groups excluding carboxylic acids is 1. The van der Waals surface area contributed by atoms with Crippen LogP contribution in [0.15, 0.2) is 42.5 Å². The molecule has 0 aliphatic carbocycles. The van der Waals surface area contributed by atoms with Gasteiger partial charge in [-0.3, -0.25) is 9.36 Å². The van der Waals surface area contributed by atoms with Crippen LogP contribution in [0.5, 0.6) is 5.75 Å². The third-order valence-electron chi connectivity index (χ3n) is 4.96. The van der Waals surface area contributed by atoms with Crippen LogP contribution in [0.3, 0.4) is 0 Å². The van der Waals surface area contributed by atoms with Crippen molar-refractivity contribution in [3.63, 3.8) is 0 Å². The lowest BCUT2D eigenvalue weighted by atomic mass is 10.1. The summed E-state index contributed by atoms with van der Waals surface area (Å²) in [6.45, 7) is 2.43. The molecule has 0 aliphatic heterocycles. The lowest BCUT2D eigenvalue weighted by Gasteiger charge is -2.08. The van der Waals surface area contributed by atoms with Crippen LogP contribution in [0.2, 0.25) is 5.02 Å². The fraction of sp³-hybridized carbons (Fsp3) is 0.318. The maximum Gasteiger partial charge on any atom is 0.262 e. The molecule has 0 fully saturated rings. The number of fused-ring (bicyclic) bond motifs is 1. The zero-order chi connectivity index (χ0) is 21.7. The molecule has 30 heavy (non-hydrogen) atoms. The smallest absolute Gasteiger partial charge is 0.262 e. The molecule has 1 atom stereocenters. The summed E-state index contributed by atoms with van der Waals surface area (Å²) in [5.41, 5.74) is 3.17. The molecule has 2 aromatic carbocycles. The van der Waals surface area contributed by atoms with Crippen molar-refractivity contribution in [3.8, 4) is 5.75 Å². The summed E-state index contributed by atoms with van der Waals surface area (Å²) < 4.78 is 22.0. The van der Waals surface area contributed by atoms with E-state index in [0.717, 1.165) is 22.2 Å². The number of carbonyl (C=O) groups is 1. The fourth-order valence-electron chi connectivity index (χ4n) is 3.45. The highest BCUT2D eigenvalue weighted by Crippen LogP contribution is 2.30. The van der Waals surface area contributed by atoms with Gasteiger partial charge in [0.25, 0.3) is 5.91 Å². The first-order valence-electron chi connectivity index (χ1n) is 9.67. The predicted octanol–water partition coefficient (Wildman–Crippen LogP) is 3.48. The number of aromatic nitrogens is 1. The second-order valence-electron chi connectivity index (χ2n) is 6.87. The van der Waals surface area contributed by atoms with Crippen molar-refractivity contribution in [2.75, 3.05) is 26.0 Å². The van der Waals surface area contributed by atoms with E-state index < -0.39 is 11.0 Å². The minimum Gasteiger partial charge on any atom is -0.497 e. The molecule has 6 nitrogen and oxygen atoms in total. The fourth-order valence-corrected chi connectivity index (χ4v) is 4.44. The number of ether oxygens (including phenoxy) is 1. The molecule has 1 heterocycles. The number of aliphatic hydroxyl groups is 1. The summed E-state index contributed by atoms with van der Waals surface area (Å²) in [7, 11) is 0.412. The van der Waals surface area contributed by atoms with E-state index in [1.54, 1.807) is 35.9 Å². The molecule has 0 aliphatic rings. The molecular formula is C22H25ClN2O4S. The van der Waals surface area contributed by atoms with Gasteiger partial charge < -0.3 is 9.84 Å². The van der Waals surface area contributed by atoms with E-state index in [2.05, 4.69) is 4.72 Å². The Kier molecular flexibility index (Phi) is 7.66. The molecule has 8 heteroatoms. The Bertz CT molecular complexity index is 1060. The minimum atomic E-state index is -1.19. The number of methoxy groups -OCH3 is 1. The highest BCUT2D eigenvalue weighted by molar-refractivity contribution is 7.83. The van der Waals surface area contributed by atoms with Crippen molar-refractivity contribution in [1.29, 1.82) is 0 Å². The van der Waals surface area contributed by atoms with Gasteiger partial charge in [-0.25, -0.2) is 8.93 Å². The van der Waals surface area contributed by atoms with Crippen molar-refractivity contribution >= 4 is 39.4 Å². The van der Waals surface area contributed by atoms with Crippen molar-refractivity contribution in [3.05, 3.63) is 64.3 Å². The Morgan fingerprint density at radius 1 is 1.23 bits per heavy atom. The topological polar surface area (TPSA) is 80.6 Å². The van der Waals surface area contributed by atoms with Gasteiger partial charge in [0.05, 0.1) is 23.6 Å². The quantitative estimate of drug-likeness (QED) is 0.525. The first-order chi connectivity index (χ1) is 14.5. The Balaban J connectivity index is 1.95. The van der Waals surface area contributed by atoms with Gasteiger partial charge in [-0.2, -0.15) is 0 Å². The first-order valence-corrected chi connectivity index (χ1v) is 11.4. The van der Waals surface area contributed by atoms with Gasteiger partial charge in [0.1, 0.15) is 5.75 Å². The van der Waals surface area contributed by atoms with Crippen LogP contribution >= 0.6 is 11.6 Å². The summed E-state index contributed by atoms with van der Waals surface area (Å²) in [6.07, 6.45) is 1.09. The third-order valence-corrected chi connectivity index (χ3v) is 6.40. The first kappa shape index (κ1) is 22.5. The second-order valence-corrected chi connectivity index (χ2v) is 8.69. The average Bonchev–Trinajstić information content (AvgIpc) is 3.03. The van der Waals surface area contributed by atoms with Crippen LogP contribution in [0.25, 0.3) is 10.9 Å². The Hall–Kier alpha value is -2.19. The molecule has 0 radical (unpaired) electrons. The summed E-state index contributed by atoms with van der Waals surface area (Å²) in [6, 6.07) is 12.5. The molecule has 0 amide bonds. The maximum absolute atomic E-state index is 13.3. The van der Waals surface area contributed by atoms with Crippen molar-refractivity contribution in [1.82, 2.24) is 9.29 Å². The average molecular weight is 449 g/mol. The van der Waals surface area contributed by atoms with E-state index in [0.29, 0.717) is 41.5 Å². The summed E-state index contributed by atoms with van der Waals surface area (Å²) >= 11 is 5.96. The van der Waals surface area contributed by atoms with Crippen LogP contribution in [-0.4, -0.2) is 45.8 Å². The minimum absolute atomic E-state index is 0.0205. The molecule has 0 saturated heterocycles. The van der Waals surface area contributed by atoms with Gasteiger partial charge in [0.15, 0.2) is 0 Å². The van der Waals surface area contributed by atoms with Crippen LogP contribution < -0.4 is 9.46 Å².